The molecule has 3 rings (SSSR count). The zero-order valence-corrected chi connectivity index (χ0v) is 16.0. The Morgan fingerprint density at radius 3 is 2.04 bits per heavy atom. The molecule has 3 N–H and O–H groups in total. The quantitative estimate of drug-likeness (QED) is 0.703. The molecule has 1 aliphatic carbocycles. The first-order chi connectivity index (χ1) is 12.7. The Balaban J connectivity index is 1.67. The predicted octanol–water partition coefficient (Wildman–Crippen LogP) is 4.90. The molecule has 0 aromatic heterocycles. The van der Waals surface area contributed by atoms with Crippen LogP contribution in [0.4, 0.5) is 17.1 Å². The lowest BCUT2D eigenvalue weighted by molar-refractivity contribution is -0.154. The van der Waals surface area contributed by atoms with Gasteiger partial charge in [-0.3, -0.25) is 9.59 Å². The van der Waals surface area contributed by atoms with Crippen LogP contribution in [-0.2, 0) is 9.59 Å². The van der Waals surface area contributed by atoms with Crippen LogP contribution in [0.5, 0.6) is 0 Å². The number of carbonyl (C=O) groups is 2. The third kappa shape index (κ3) is 3.54. The van der Waals surface area contributed by atoms with Gasteiger partial charge in [-0.1, -0.05) is 32.0 Å². The van der Waals surface area contributed by atoms with Crippen LogP contribution in [0.25, 0.3) is 0 Å². The highest BCUT2D eigenvalue weighted by Crippen LogP contribution is 2.56. The summed E-state index contributed by atoms with van der Waals surface area (Å²) in [5.41, 5.74) is 1.13. The van der Waals surface area contributed by atoms with Crippen molar-refractivity contribution in [3.8, 4) is 0 Å². The number of para-hydroxylation sites is 1. The standard InChI is InChI=1S/C22H26N2O3/c1-21(2)18(13-14-22(21,3)20(26)27)19(25)24-17-11-9-16(10-12-17)23-15-7-5-4-6-8-15/h4-12,18,23H,13-14H2,1-3H3,(H,24,25)(H,26,27)/t18-,22+/m1/s1. The maximum atomic E-state index is 12.8. The number of aliphatic carboxylic acids is 1. The highest BCUT2D eigenvalue weighted by Gasteiger charge is 2.58. The average molecular weight is 366 g/mol. The predicted molar refractivity (Wildman–Crippen MR) is 107 cm³/mol. The largest absolute Gasteiger partial charge is 0.481 e. The number of rotatable bonds is 5. The normalized spacial score (nSPS) is 23.6. The Bertz CT molecular complexity index is 830. The minimum Gasteiger partial charge on any atom is -0.481 e. The molecule has 1 saturated carbocycles. The van der Waals surface area contributed by atoms with Gasteiger partial charge in [0.05, 0.1) is 5.41 Å². The van der Waals surface area contributed by atoms with Crippen molar-refractivity contribution in [3.63, 3.8) is 0 Å². The molecule has 2 aromatic carbocycles. The summed E-state index contributed by atoms with van der Waals surface area (Å²) in [5.74, 6) is -1.28. The molecular weight excluding hydrogens is 340 g/mol. The molecule has 1 aliphatic rings. The maximum absolute atomic E-state index is 12.8. The summed E-state index contributed by atoms with van der Waals surface area (Å²) in [7, 11) is 0. The van der Waals surface area contributed by atoms with E-state index in [2.05, 4.69) is 10.6 Å². The number of carboxylic acids is 1. The zero-order valence-electron chi connectivity index (χ0n) is 16.0. The summed E-state index contributed by atoms with van der Waals surface area (Å²) >= 11 is 0. The first kappa shape index (κ1) is 19.0. The molecule has 0 heterocycles. The molecule has 1 amide bonds. The van der Waals surface area contributed by atoms with Crippen LogP contribution in [-0.4, -0.2) is 17.0 Å². The van der Waals surface area contributed by atoms with E-state index in [0.29, 0.717) is 18.5 Å². The van der Waals surface area contributed by atoms with E-state index in [1.54, 1.807) is 6.92 Å². The van der Waals surface area contributed by atoms with Gasteiger partial charge < -0.3 is 15.7 Å². The molecule has 0 aliphatic heterocycles. The van der Waals surface area contributed by atoms with Gasteiger partial charge in [0.2, 0.25) is 5.91 Å². The molecule has 0 saturated heterocycles. The summed E-state index contributed by atoms with van der Waals surface area (Å²) in [6.45, 7) is 5.50. The lowest BCUT2D eigenvalue weighted by atomic mass is 9.65. The smallest absolute Gasteiger partial charge is 0.309 e. The molecule has 5 nitrogen and oxygen atoms in total. The fourth-order valence-corrected chi connectivity index (χ4v) is 3.90. The van der Waals surface area contributed by atoms with Crippen molar-refractivity contribution in [2.75, 3.05) is 10.6 Å². The van der Waals surface area contributed by atoms with Crippen LogP contribution in [0.15, 0.2) is 54.6 Å². The SMILES string of the molecule is CC1(C)[C@@H](C(=O)Nc2ccc(Nc3ccccc3)cc2)CC[C@@]1(C)C(=O)O. The van der Waals surface area contributed by atoms with Crippen LogP contribution in [0.2, 0.25) is 0 Å². The number of anilines is 3. The van der Waals surface area contributed by atoms with E-state index in [9.17, 15) is 14.7 Å². The third-order valence-electron chi connectivity index (χ3n) is 6.23. The first-order valence-electron chi connectivity index (χ1n) is 9.20. The van der Waals surface area contributed by atoms with Crippen LogP contribution < -0.4 is 10.6 Å². The molecule has 0 unspecified atom stereocenters. The van der Waals surface area contributed by atoms with Gasteiger partial charge in [-0.2, -0.15) is 0 Å². The molecule has 0 radical (unpaired) electrons. The van der Waals surface area contributed by atoms with E-state index in [1.807, 2.05) is 68.4 Å². The summed E-state index contributed by atoms with van der Waals surface area (Å²) in [5, 5.41) is 15.9. The van der Waals surface area contributed by atoms with E-state index >= 15 is 0 Å². The highest BCUT2D eigenvalue weighted by molar-refractivity contribution is 5.94. The van der Waals surface area contributed by atoms with Gasteiger partial charge in [0.25, 0.3) is 0 Å². The second-order valence-electron chi connectivity index (χ2n) is 8.01. The number of carboxylic acid groups (broad SMARTS) is 1. The van der Waals surface area contributed by atoms with Gasteiger partial charge in [-0.15, -0.1) is 0 Å². The lowest BCUT2D eigenvalue weighted by Crippen LogP contribution is -2.43. The highest BCUT2D eigenvalue weighted by atomic mass is 16.4. The summed E-state index contributed by atoms with van der Waals surface area (Å²) in [6.07, 6.45) is 1.09. The molecule has 2 aromatic rings. The second-order valence-corrected chi connectivity index (χ2v) is 8.01. The Morgan fingerprint density at radius 1 is 0.926 bits per heavy atom. The fourth-order valence-electron chi connectivity index (χ4n) is 3.90. The van der Waals surface area contributed by atoms with Crippen LogP contribution in [0.1, 0.15) is 33.6 Å². The van der Waals surface area contributed by atoms with Crippen molar-refractivity contribution in [1.82, 2.24) is 0 Å². The van der Waals surface area contributed by atoms with E-state index in [4.69, 9.17) is 0 Å². The molecular formula is C22H26N2O3. The van der Waals surface area contributed by atoms with Gasteiger partial charge in [0, 0.05) is 23.0 Å². The van der Waals surface area contributed by atoms with Crippen molar-refractivity contribution in [1.29, 1.82) is 0 Å². The van der Waals surface area contributed by atoms with Crippen molar-refractivity contribution in [3.05, 3.63) is 54.6 Å². The zero-order chi connectivity index (χ0) is 19.7. The topological polar surface area (TPSA) is 78.4 Å². The number of hydrogen-bond acceptors (Lipinski definition) is 3. The van der Waals surface area contributed by atoms with E-state index in [-0.39, 0.29) is 11.8 Å². The first-order valence-corrected chi connectivity index (χ1v) is 9.20. The number of amides is 1. The maximum Gasteiger partial charge on any atom is 0.309 e. The van der Waals surface area contributed by atoms with E-state index < -0.39 is 16.8 Å². The van der Waals surface area contributed by atoms with E-state index in [0.717, 1.165) is 11.4 Å². The molecule has 1 fully saturated rings. The Hall–Kier alpha value is -2.82. The average Bonchev–Trinajstić information content (AvgIpc) is 2.88. The van der Waals surface area contributed by atoms with Gasteiger partial charge in [-0.05, 0) is 61.6 Å². The molecule has 5 heteroatoms. The van der Waals surface area contributed by atoms with Gasteiger partial charge in [-0.25, -0.2) is 0 Å². The van der Waals surface area contributed by atoms with Crippen molar-refractivity contribution < 1.29 is 14.7 Å². The number of carbonyl (C=O) groups excluding carboxylic acids is 1. The van der Waals surface area contributed by atoms with Gasteiger partial charge in [0.1, 0.15) is 0 Å². The van der Waals surface area contributed by atoms with Gasteiger partial charge in [0.15, 0.2) is 0 Å². The van der Waals surface area contributed by atoms with Crippen molar-refractivity contribution in [2.45, 2.75) is 33.6 Å². The van der Waals surface area contributed by atoms with Crippen LogP contribution in [0, 0.1) is 16.7 Å². The number of benzene rings is 2. The molecule has 142 valence electrons. The minimum atomic E-state index is -0.890. The van der Waals surface area contributed by atoms with Crippen molar-refractivity contribution in [2.24, 2.45) is 16.7 Å². The summed E-state index contributed by atoms with van der Waals surface area (Å²) in [6, 6.07) is 17.4. The molecule has 0 spiro atoms. The summed E-state index contributed by atoms with van der Waals surface area (Å²) < 4.78 is 0. The van der Waals surface area contributed by atoms with Crippen LogP contribution in [0.3, 0.4) is 0 Å². The monoisotopic (exact) mass is 366 g/mol. The Labute approximate surface area is 159 Å². The molecule has 0 bridgehead atoms. The van der Waals surface area contributed by atoms with E-state index in [1.165, 1.54) is 0 Å². The van der Waals surface area contributed by atoms with Crippen LogP contribution >= 0.6 is 0 Å². The van der Waals surface area contributed by atoms with Crippen molar-refractivity contribution >= 4 is 28.9 Å². The molecule has 2 atom stereocenters. The number of nitrogens with one attached hydrogen (secondary N) is 2. The Kier molecular flexibility index (Phi) is 4.96. The Morgan fingerprint density at radius 2 is 1.48 bits per heavy atom. The van der Waals surface area contributed by atoms with Gasteiger partial charge >= 0.3 is 5.97 Å². The minimum absolute atomic E-state index is 0.117. The lowest BCUT2D eigenvalue weighted by Gasteiger charge is -2.37. The number of hydrogen-bond donors (Lipinski definition) is 3. The third-order valence-corrected chi connectivity index (χ3v) is 6.23. The summed E-state index contributed by atoms with van der Waals surface area (Å²) in [4.78, 5) is 24.5. The second kappa shape index (κ2) is 7.06. The molecule has 27 heavy (non-hydrogen) atoms. The fraction of sp³-hybridized carbons (Fsp3) is 0.364.